The summed E-state index contributed by atoms with van der Waals surface area (Å²) < 4.78 is 13.0. The van der Waals surface area contributed by atoms with Crippen LogP contribution in [0.15, 0.2) is 78.9 Å². The first-order valence-electron chi connectivity index (χ1n) is 14.7. The molecule has 8 nitrogen and oxygen atoms in total. The molecule has 0 aliphatic carbocycles. The summed E-state index contributed by atoms with van der Waals surface area (Å²) in [4.78, 5) is 30.0. The van der Waals surface area contributed by atoms with Gasteiger partial charge in [-0.3, -0.25) is 4.79 Å². The van der Waals surface area contributed by atoms with Crippen LogP contribution in [0.2, 0.25) is 0 Å². The van der Waals surface area contributed by atoms with Gasteiger partial charge in [-0.25, -0.2) is 9.78 Å². The summed E-state index contributed by atoms with van der Waals surface area (Å²) in [6.07, 6.45) is 2.34. The number of carbonyl (C=O) groups excluding carboxylic acids is 1. The first kappa shape index (κ1) is 30.4. The summed E-state index contributed by atoms with van der Waals surface area (Å²) in [5.41, 5.74) is 7.13. The van der Waals surface area contributed by atoms with E-state index in [0.29, 0.717) is 30.6 Å². The minimum absolute atomic E-state index is 0.150. The normalized spacial score (nSPS) is 11.0. The topological polar surface area (TPSA) is 103 Å². The number of benzene rings is 4. The smallest absolute Gasteiger partial charge is 0.336 e. The number of imidazole rings is 1. The minimum Gasteiger partial charge on any atom is -0.497 e. The zero-order valence-electron chi connectivity index (χ0n) is 25.5. The minimum atomic E-state index is -0.950. The molecule has 0 fully saturated rings. The fraction of sp³-hybridized carbons (Fsp3) is 0.250. The lowest BCUT2D eigenvalue weighted by molar-refractivity contribution is 0.0697. The molecule has 1 amide bonds. The van der Waals surface area contributed by atoms with Gasteiger partial charge < -0.3 is 24.5 Å². The lowest BCUT2D eigenvalue weighted by Gasteiger charge is -2.13. The lowest BCUT2D eigenvalue weighted by atomic mass is 9.98. The van der Waals surface area contributed by atoms with Crippen molar-refractivity contribution in [3.63, 3.8) is 0 Å². The van der Waals surface area contributed by atoms with Crippen LogP contribution < -0.4 is 14.8 Å². The molecule has 1 heterocycles. The molecule has 0 bridgehead atoms. The second-order valence-corrected chi connectivity index (χ2v) is 10.8. The number of methoxy groups -OCH3 is 2. The van der Waals surface area contributed by atoms with Gasteiger partial charge in [-0.1, -0.05) is 49.4 Å². The van der Waals surface area contributed by atoms with Crippen molar-refractivity contribution >= 4 is 22.9 Å². The average molecular weight is 592 g/mol. The molecule has 0 saturated heterocycles. The summed E-state index contributed by atoms with van der Waals surface area (Å²) in [5, 5.41) is 12.7. The number of aromatic carboxylic acids is 1. The predicted molar refractivity (Wildman–Crippen MR) is 172 cm³/mol. The van der Waals surface area contributed by atoms with E-state index in [9.17, 15) is 14.7 Å². The Balaban J connectivity index is 1.39. The monoisotopic (exact) mass is 591 g/mol. The summed E-state index contributed by atoms with van der Waals surface area (Å²) >= 11 is 0. The predicted octanol–water partition coefficient (Wildman–Crippen LogP) is 6.70. The summed E-state index contributed by atoms with van der Waals surface area (Å²) in [6.45, 7) is 5.13. The van der Waals surface area contributed by atoms with E-state index in [1.807, 2.05) is 73.7 Å². The summed E-state index contributed by atoms with van der Waals surface area (Å²) in [7, 11) is 3.25. The molecule has 5 rings (SSSR count). The van der Waals surface area contributed by atoms with Crippen LogP contribution in [-0.2, 0) is 19.4 Å². The fourth-order valence-electron chi connectivity index (χ4n) is 5.55. The number of aryl methyl sites for hydroxylation is 2. The second kappa shape index (κ2) is 13.5. The van der Waals surface area contributed by atoms with Crippen molar-refractivity contribution in [1.29, 1.82) is 0 Å². The van der Waals surface area contributed by atoms with E-state index in [4.69, 9.17) is 14.5 Å². The van der Waals surface area contributed by atoms with Crippen LogP contribution in [0.4, 0.5) is 0 Å². The third-order valence-electron chi connectivity index (χ3n) is 7.79. The van der Waals surface area contributed by atoms with Crippen molar-refractivity contribution in [1.82, 2.24) is 14.9 Å². The number of carboxylic acid groups (broad SMARTS) is 1. The van der Waals surface area contributed by atoms with Crippen LogP contribution in [-0.4, -0.2) is 47.3 Å². The van der Waals surface area contributed by atoms with Crippen LogP contribution in [0, 0.1) is 6.92 Å². The quantitative estimate of drug-likeness (QED) is 0.167. The van der Waals surface area contributed by atoms with Gasteiger partial charge >= 0.3 is 5.97 Å². The molecule has 0 radical (unpaired) electrons. The van der Waals surface area contributed by atoms with E-state index in [0.717, 1.165) is 63.5 Å². The van der Waals surface area contributed by atoms with Gasteiger partial charge in [0, 0.05) is 25.1 Å². The number of rotatable bonds is 12. The van der Waals surface area contributed by atoms with Crippen molar-refractivity contribution in [3.05, 3.63) is 113 Å². The standard InChI is InChI=1S/C36H37N3O5/c1-5-8-33-38-34-23(2)19-27(35(40)37-18-17-26-20-28(43-3)15-16-32(26)44-4)21-31(34)39(33)22-24-11-13-25(14-12-24)29-9-6-7-10-30(29)36(41)42/h6-7,9-16,19-21H,5,8,17-18,22H2,1-4H3,(H,37,40)(H,41,42). The molecule has 8 heteroatoms. The lowest BCUT2D eigenvalue weighted by Crippen LogP contribution is -2.26. The number of aromatic nitrogens is 2. The Morgan fingerprint density at radius 1 is 0.932 bits per heavy atom. The Bertz CT molecular complexity index is 1810. The zero-order chi connectivity index (χ0) is 31.2. The maximum Gasteiger partial charge on any atom is 0.336 e. The molecule has 0 saturated carbocycles. The maximum atomic E-state index is 13.3. The molecule has 0 unspecified atom stereocenters. The summed E-state index contributed by atoms with van der Waals surface area (Å²) in [5.74, 6) is 1.36. The Morgan fingerprint density at radius 3 is 2.41 bits per heavy atom. The molecule has 2 N–H and O–H groups in total. The second-order valence-electron chi connectivity index (χ2n) is 10.8. The van der Waals surface area contributed by atoms with Gasteiger partial charge in [-0.05, 0) is 84.0 Å². The Kier molecular flexibility index (Phi) is 9.29. The highest BCUT2D eigenvalue weighted by molar-refractivity contribution is 5.98. The molecule has 44 heavy (non-hydrogen) atoms. The molecule has 5 aromatic rings. The number of nitrogens with one attached hydrogen (secondary N) is 1. The number of amides is 1. The number of hydrogen-bond donors (Lipinski definition) is 2. The van der Waals surface area contributed by atoms with Crippen LogP contribution in [0.25, 0.3) is 22.2 Å². The molecule has 226 valence electrons. The van der Waals surface area contributed by atoms with E-state index >= 15 is 0 Å². The van der Waals surface area contributed by atoms with Crippen LogP contribution >= 0.6 is 0 Å². The first-order valence-corrected chi connectivity index (χ1v) is 14.7. The Hall–Kier alpha value is -5.11. The molecule has 0 atom stereocenters. The molecular weight excluding hydrogens is 554 g/mol. The van der Waals surface area contributed by atoms with Gasteiger partial charge in [0.15, 0.2) is 0 Å². The van der Waals surface area contributed by atoms with Crippen molar-refractivity contribution in [3.8, 4) is 22.6 Å². The van der Waals surface area contributed by atoms with Crippen molar-refractivity contribution in [2.24, 2.45) is 0 Å². The number of ether oxygens (including phenoxy) is 2. The fourth-order valence-corrected chi connectivity index (χ4v) is 5.55. The molecule has 0 spiro atoms. The van der Waals surface area contributed by atoms with Gasteiger partial charge in [-0.15, -0.1) is 0 Å². The number of fused-ring (bicyclic) bond motifs is 1. The van der Waals surface area contributed by atoms with Crippen LogP contribution in [0.3, 0.4) is 0 Å². The van der Waals surface area contributed by atoms with Gasteiger partial charge in [0.25, 0.3) is 5.91 Å². The number of hydrogen-bond acceptors (Lipinski definition) is 5. The highest BCUT2D eigenvalue weighted by Crippen LogP contribution is 2.28. The maximum absolute atomic E-state index is 13.3. The largest absolute Gasteiger partial charge is 0.497 e. The average Bonchev–Trinajstić information content (AvgIpc) is 3.38. The number of carboxylic acids is 1. The Labute approximate surface area is 257 Å². The van der Waals surface area contributed by atoms with Crippen LogP contribution in [0.1, 0.15) is 56.6 Å². The van der Waals surface area contributed by atoms with Crippen LogP contribution in [0.5, 0.6) is 11.5 Å². The summed E-state index contributed by atoms with van der Waals surface area (Å²) in [6, 6.07) is 24.4. The van der Waals surface area contributed by atoms with Gasteiger partial charge in [0.05, 0.1) is 30.8 Å². The third-order valence-corrected chi connectivity index (χ3v) is 7.79. The highest BCUT2D eigenvalue weighted by atomic mass is 16.5. The third kappa shape index (κ3) is 6.44. The molecule has 0 aliphatic heterocycles. The highest BCUT2D eigenvalue weighted by Gasteiger charge is 2.17. The molecule has 0 aliphatic rings. The van der Waals surface area contributed by atoms with E-state index in [2.05, 4.69) is 16.8 Å². The van der Waals surface area contributed by atoms with Crippen molar-refractivity contribution < 1.29 is 24.2 Å². The van der Waals surface area contributed by atoms with Crippen molar-refractivity contribution in [2.75, 3.05) is 20.8 Å². The van der Waals surface area contributed by atoms with E-state index in [-0.39, 0.29) is 11.5 Å². The Morgan fingerprint density at radius 2 is 1.70 bits per heavy atom. The van der Waals surface area contributed by atoms with E-state index in [1.165, 1.54) is 0 Å². The molecular formula is C36H37N3O5. The number of nitrogens with zero attached hydrogens (tertiary/aromatic N) is 2. The molecule has 1 aromatic heterocycles. The zero-order valence-corrected chi connectivity index (χ0v) is 25.5. The van der Waals surface area contributed by atoms with Gasteiger partial charge in [-0.2, -0.15) is 0 Å². The first-order chi connectivity index (χ1) is 21.3. The van der Waals surface area contributed by atoms with Gasteiger partial charge in [0.2, 0.25) is 0 Å². The molecule has 4 aromatic carbocycles. The van der Waals surface area contributed by atoms with E-state index < -0.39 is 5.97 Å². The van der Waals surface area contributed by atoms with Crippen molar-refractivity contribution in [2.45, 2.75) is 39.7 Å². The van der Waals surface area contributed by atoms with E-state index in [1.54, 1.807) is 26.4 Å². The number of carbonyl (C=O) groups is 2. The van der Waals surface area contributed by atoms with Gasteiger partial charge in [0.1, 0.15) is 17.3 Å². The SMILES string of the molecule is CCCc1nc2c(C)cc(C(=O)NCCc3cc(OC)ccc3OC)cc2n1Cc1ccc(-c2ccccc2C(=O)O)cc1.